The molecule has 1 heterocycles. The molecule has 0 radical (unpaired) electrons. The van der Waals surface area contributed by atoms with E-state index in [9.17, 15) is 4.79 Å². The number of hydrogen-bond donors (Lipinski definition) is 1. The fourth-order valence-electron chi connectivity index (χ4n) is 2.08. The Morgan fingerprint density at radius 3 is 2.94 bits per heavy atom. The topological polar surface area (TPSA) is 53.7 Å². The number of nitrogens with zero attached hydrogens (tertiary/aromatic N) is 1. The minimum Gasteiger partial charge on any atom is -0.481 e. The lowest BCUT2D eigenvalue weighted by atomic mass is 10.2. The Balaban J connectivity index is 1.80. The van der Waals surface area contributed by atoms with Crippen molar-refractivity contribution in [1.82, 2.24) is 4.90 Å². The molecule has 4 nitrogen and oxygen atoms in total. The van der Waals surface area contributed by atoms with Gasteiger partial charge in [-0.1, -0.05) is 0 Å². The van der Waals surface area contributed by atoms with Gasteiger partial charge in [-0.05, 0) is 32.4 Å². The molecule has 1 aromatic rings. The van der Waals surface area contributed by atoms with E-state index in [2.05, 4.69) is 4.90 Å². The van der Waals surface area contributed by atoms with E-state index in [1.165, 1.54) is 5.56 Å². The summed E-state index contributed by atoms with van der Waals surface area (Å²) in [5.74, 6) is 0.498. The van der Waals surface area contributed by atoms with Crippen LogP contribution in [0, 0.1) is 18.8 Å². The van der Waals surface area contributed by atoms with Gasteiger partial charge < -0.3 is 14.4 Å². The molecule has 2 rings (SSSR count). The van der Waals surface area contributed by atoms with Crippen LogP contribution in [0.2, 0.25) is 0 Å². The fraction of sp³-hybridized carbons (Fsp3) is 0.583. The average Bonchev–Trinajstić information content (AvgIpc) is 2.85. The highest BCUT2D eigenvalue weighted by atomic mass is 16.4. The number of carbonyl (C=O) groups is 1. The summed E-state index contributed by atoms with van der Waals surface area (Å²) in [4.78, 5) is 12.8. The third-order valence-electron chi connectivity index (χ3n) is 3.19. The van der Waals surface area contributed by atoms with E-state index in [4.69, 9.17) is 9.52 Å². The zero-order valence-corrected chi connectivity index (χ0v) is 9.64. The molecular weight excluding hydrogens is 206 g/mol. The molecule has 0 saturated heterocycles. The molecule has 1 N–H and O–H groups in total. The Labute approximate surface area is 94.9 Å². The van der Waals surface area contributed by atoms with E-state index in [0.717, 1.165) is 25.3 Å². The highest BCUT2D eigenvalue weighted by Crippen LogP contribution is 2.39. The van der Waals surface area contributed by atoms with Crippen LogP contribution >= 0.6 is 0 Å². The molecule has 1 saturated carbocycles. The van der Waals surface area contributed by atoms with Crippen LogP contribution in [0.1, 0.15) is 17.7 Å². The van der Waals surface area contributed by atoms with Gasteiger partial charge in [-0.25, -0.2) is 0 Å². The molecule has 0 aromatic carbocycles. The van der Waals surface area contributed by atoms with Crippen molar-refractivity contribution >= 4 is 5.97 Å². The van der Waals surface area contributed by atoms with Gasteiger partial charge in [0, 0.05) is 18.7 Å². The fourth-order valence-corrected chi connectivity index (χ4v) is 2.08. The molecule has 88 valence electrons. The summed E-state index contributed by atoms with van der Waals surface area (Å²) >= 11 is 0. The number of carboxylic acids is 1. The summed E-state index contributed by atoms with van der Waals surface area (Å²) < 4.78 is 5.22. The lowest BCUT2D eigenvalue weighted by Crippen LogP contribution is -2.21. The molecular formula is C12H17NO3. The van der Waals surface area contributed by atoms with E-state index >= 15 is 0 Å². The SMILES string of the molecule is Cc1occc1CN(C)C[C@@H]1C[C@H]1C(=O)O. The maximum Gasteiger partial charge on any atom is 0.306 e. The third-order valence-corrected chi connectivity index (χ3v) is 3.19. The lowest BCUT2D eigenvalue weighted by molar-refractivity contribution is -0.138. The van der Waals surface area contributed by atoms with Gasteiger partial charge in [-0.3, -0.25) is 4.79 Å². The van der Waals surface area contributed by atoms with Gasteiger partial charge in [0.05, 0.1) is 12.2 Å². The highest BCUT2D eigenvalue weighted by molar-refractivity contribution is 5.73. The van der Waals surface area contributed by atoms with E-state index in [-0.39, 0.29) is 5.92 Å². The summed E-state index contributed by atoms with van der Waals surface area (Å²) in [7, 11) is 2.02. The van der Waals surface area contributed by atoms with Gasteiger partial charge in [0.25, 0.3) is 0 Å². The second kappa shape index (κ2) is 4.29. The quantitative estimate of drug-likeness (QED) is 0.826. The molecule has 1 aliphatic carbocycles. The maximum atomic E-state index is 10.7. The normalized spacial score (nSPS) is 23.7. The van der Waals surface area contributed by atoms with Crippen LogP contribution in [-0.2, 0) is 11.3 Å². The molecule has 2 atom stereocenters. The molecule has 0 unspecified atom stereocenters. The smallest absolute Gasteiger partial charge is 0.306 e. The summed E-state index contributed by atoms with van der Waals surface area (Å²) in [6.07, 6.45) is 2.51. The van der Waals surface area contributed by atoms with E-state index in [1.807, 2.05) is 20.0 Å². The first-order valence-electron chi connectivity index (χ1n) is 5.52. The number of rotatable bonds is 5. The van der Waals surface area contributed by atoms with Gasteiger partial charge in [0.1, 0.15) is 5.76 Å². The largest absolute Gasteiger partial charge is 0.481 e. The predicted molar refractivity (Wildman–Crippen MR) is 59.0 cm³/mol. The van der Waals surface area contributed by atoms with Gasteiger partial charge in [0.15, 0.2) is 0 Å². The van der Waals surface area contributed by atoms with Gasteiger partial charge in [0.2, 0.25) is 0 Å². The first-order chi connectivity index (χ1) is 7.58. The molecule has 1 aromatic heterocycles. The second-order valence-corrected chi connectivity index (χ2v) is 4.64. The number of hydrogen-bond acceptors (Lipinski definition) is 3. The Kier molecular flexibility index (Phi) is 3.01. The zero-order valence-electron chi connectivity index (χ0n) is 9.64. The van der Waals surface area contributed by atoms with Crippen LogP contribution in [0.25, 0.3) is 0 Å². The van der Waals surface area contributed by atoms with Crippen LogP contribution in [0.5, 0.6) is 0 Å². The average molecular weight is 223 g/mol. The predicted octanol–water partition coefficient (Wildman–Crippen LogP) is 1.74. The van der Waals surface area contributed by atoms with E-state index in [1.54, 1.807) is 6.26 Å². The first kappa shape index (κ1) is 11.2. The molecule has 16 heavy (non-hydrogen) atoms. The van der Waals surface area contributed by atoms with Crippen molar-refractivity contribution < 1.29 is 14.3 Å². The Morgan fingerprint density at radius 2 is 2.44 bits per heavy atom. The van der Waals surface area contributed by atoms with Crippen molar-refractivity contribution in [3.8, 4) is 0 Å². The van der Waals surface area contributed by atoms with Crippen molar-refractivity contribution in [3.05, 3.63) is 23.7 Å². The number of carboxylic acid groups (broad SMARTS) is 1. The third kappa shape index (κ3) is 2.44. The molecule has 4 heteroatoms. The van der Waals surface area contributed by atoms with Gasteiger partial charge in [-0.2, -0.15) is 0 Å². The lowest BCUT2D eigenvalue weighted by Gasteiger charge is -2.15. The molecule has 0 bridgehead atoms. The molecule has 0 aliphatic heterocycles. The molecule has 1 fully saturated rings. The Bertz CT molecular complexity index is 385. The van der Waals surface area contributed by atoms with E-state index in [0.29, 0.717) is 5.92 Å². The number of aryl methyl sites for hydroxylation is 1. The van der Waals surface area contributed by atoms with Crippen LogP contribution in [0.15, 0.2) is 16.7 Å². The van der Waals surface area contributed by atoms with Crippen molar-refractivity contribution in [2.75, 3.05) is 13.6 Å². The van der Waals surface area contributed by atoms with Crippen LogP contribution < -0.4 is 0 Å². The standard InChI is InChI=1S/C12H17NO3/c1-8-9(3-4-16-8)6-13(2)7-10-5-11(10)12(14)15/h3-4,10-11H,5-7H2,1-2H3,(H,14,15)/t10-,11+/m0/s1. The summed E-state index contributed by atoms with van der Waals surface area (Å²) in [6, 6.07) is 1.97. The van der Waals surface area contributed by atoms with E-state index < -0.39 is 5.97 Å². The van der Waals surface area contributed by atoms with Crippen molar-refractivity contribution in [3.63, 3.8) is 0 Å². The summed E-state index contributed by atoms with van der Waals surface area (Å²) in [6.45, 7) is 3.62. The Morgan fingerprint density at radius 1 is 1.69 bits per heavy atom. The summed E-state index contributed by atoms with van der Waals surface area (Å²) in [5.41, 5.74) is 1.18. The minimum absolute atomic E-state index is 0.118. The summed E-state index contributed by atoms with van der Waals surface area (Å²) in [5, 5.41) is 8.80. The maximum absolute atomic E-state index is 10.7. The minimum atomic E-state index is -0.655. The zero-order chi connectivity index (χ0) is 11.7. The highest BCUT2D eigenvalue weighted by Gasteiger charge is 2.43. The van der Waals surface area contributed by atoms with Crippen LogP contribution in [-0.4, -0.2) is 29.6 Å². The second-order valence-electron chi connectivity index (χ2n) is 4.64. The number of furan rings is 1. The van der Waals surface area contributed by atoms with Crippen LogP contribution in [0.3, 0.4) is 0 Å². The Hall–Kier alpha value is -1.29. The molecule has 1 aliphatic rings. The monoisotopic (exact) mass is 223 g/mol. The van der Waals surface area contributed by atoms with Crippen molar-refractivity contribution in [2.45, 2.75) is 19.9 Å². The first-order valence-corrected chi connectivity index (χ1v) is 5.52. The van der Waals surface area contributed by atoms with Crippen molar-refractivity contribution in [2.24, 2.45) is 11.8 Å². The van der Waals surface area contributed by atoms with Crippen molar-refractivity contribution in [1.29, 1.82) is 0 Å². The van der Waals surface area contributed by atoms with Gasteiger partial charge in [-0.15, -0.1) is 0 Å². The number of aliphatic carboxylic acids is 1. The van der Waals surface area contributed by atoms with Crippen LogP contribution in [0.4, 0.5) is 0 Å². The van der Waals surface area contributed by atoms with Gasteiger partial charge >= 0.3 is 5.97 Å². The molecule has 0 spiro atoms. The molecule has 0 amide bonds.